The van der Waals surface area contributed by atoms with Gasteiger partial charge in [-0.05, 0) is 18.2 Å². The first-order valence-electron chi connectivity index (χ1n) is 5.74. The van der Waals surface area contributed by atoms with Crippen molar-refractivity contribution in [2.75, 3.05) is 0 Å². The Labute approximate surface area is 105 Å². The molecule has 0 atom stereocenters. The third kappa shape index (κ3) is 2.02. The van der Waals surface area contributed by atoms with Gasteiger partial charge >= 0.3 is 0 Å². The number of aryl methyl sites for hydroxylation is 1. The average molecular weight is 239 g/mol. The minimum absolute atomic E-state index is 0.663. The van der Waals surface area contributed by atoms with Gasteiger partial charge in [0, 0.05) is 31.8 Å². The monoisotopic (exact) mass is 239 g/mol. The molecule has 0 aliphatic heterocycles. The predicted molar refractivity (Wildman–Crippen MR) is 67.8 cm³/mol. The summed E-state index contributed by atoms with van der Waals surface area (Å²) in [5, 5.41) is 4.50. The molecule has 3 heterocycles. The van der Waals surface area contributed by atoms with Gasteiger partial charge < -0.3 is 4.57 Å². The second kappa shape index (κ2) is 4.44. The zero-order valence-corrected chi connectivity index (χ0v) is 10.1. The van der Waals surface area contributed by atoms with Gasteiger partial charge in [-0.1, -0.05) is 6.07 Å². The van der Waals surface area contributed by atoms with Crippen LogP contribution in [0, 0.1) is 0 Å². The lowest BCUT2D eigenvalue weighted by Crippen LogP contribution is -2.06. The molecule has 0 fully saturated rings. The molecule has 3 aromatic rings. The summed E-state index contributed by atoms with van der Waals surface area (Å²) in [6.45, 7) is 0.663. The van der Waals surface area contributed by atoms with Gasteiger partial charge in [-0.3, -0.25) is 9.67 Å². The van der Waals surface area contributed by atoms with E-state index in [1.54, 1.807) is 12.4 Å². The van der Waals surface area contributed by atoms with Crippen LogP contribution in [0.1, 0.15) is 5.82 Å². The Hall–Kier alpha value is -2.43. The molecule has 3 rings (SSSR count). The lowest BCUT2D eigenvalue weighted by molar-refractivity contribution is 0.633. The van der Waals surface area contributed by atoms with Crippen LogP contribution in [0.4, 0.5) is 0 Å². The first-order chi connectivity index (χ1) is 8.83. The summed E-state index contributed by atoms with van der Waals surface area (Å²) in [5.74, 6) is 0.977. The van der Waals surface area contributed by atoms with Crippen LogP contribution in [0.3, 0.4) is 0 Å². The Kier molecular flexibility index (Phi) is 2.64. The molecule has 0 aliphatic carbocycles. The first-order valence-corrected chi connectivity index (χ1v) is 5.74. The topological polar surface area (TPSA) is 48.5 Å². The summed E-state index contributed by atoms with van der Waals surface area (Å²) in [6, 6.07) is 7.77. The first kappa shape index (κ1) is 10.7. The molecule has 0 saturated heterocycles. The molecule has 0 amide bonds. The minimum atomic E-state index is 0.663. The Morgan fingerprint density at radius 3 is 2.67 bits per heavy atom. The fourth-order valence-electron chi connectivity index (χ4n) is 1.79. The largest absolute Gasteiger partial charge is 0.336 e. The maximum atomic E-state index is 4.50. The number of rotatable bonds is 3. The lowest BCUT2D eigenvalue weighted by Gasteiger charge is -2.01. The van der Waals surface area contributed by atoms with Gasteiger partial charge in [0.25, 0.3) is 0 Å². The number of pyridine rings is 1. The maximum absolute atomic E-state index is 4.50. The van der Waals surface area contributed by atoms with Crippen LogP contribution in [0.15, 0.2) is 49.1 Å². The van der Waals surface area contributed by atoms with E-state index in [0.717, 1.165) is 17.2 Å². The Morgan fingerprint density at radius 2 is 1.94 bits per heavy atom. The minimum Gasteiger partial charge on any atom is -0.336 e. The molecular weight excluding hydrogens is 226 g/mol. The second-order valence-corrected chi connectivity index (χ2v) is 4.07. The van der Waals surface area contributed by atoms with Gasteiger partial charge in [0.2, 0.25) is 0 Å². The van der Waals surface area contributed by atoms with Crippen LogP contribution in [-0.2, 0) is 13.6 Å². The number of imidazole rings is 1. The van der Waals surface area contributed by atoms with E-state index in [-0.39, 0.29) is 0 Å². The molecule has 0 N–H and O–H groups in total. The van der Waals surface area contributed by atoms with E-state index in [0.29, 0.717) is 6.54 Å². The van der Waals surface area contributed by atoms with E-state index in [2.05, 4.69) is 15.1 Å². The molecule has 0 spiro atoms. The molecule has 0 aliphatic rings. The van der Waals surface area contributed by atoms with Gasteiger partial charge in [-0.2, -0.15) is 5.10 Å². The third-order valence-electron chi connectivity index (χ3n) is 2.79. The fraction of sp³-hybridized carbons (Fsp3) is 0.154. The lowest BCUT2D eigenvalue weighted by atomic mass is 10.3. The van der Waals surface area contributed by atoms with Crippen molar-refractivity contribution in [3.63, 3.8) is 0 Å². The van der Waals surface area contributed by atoms with Crippen molar-refractivity contribution in [1.29, 1.82) is 0 Å². The van der Waals surface area contributed by atoms with E-state index in [1.807, 2.05) is 53.0 Å². The number of aromatic nitrogens is 5. The molecule has 90 valence electrons. The van der Waals surface area contributed by atoms with Gasteiger partial charge in [0.15, 0.2) is 0 Å². The van der Waals surface area contributed by atoms with Crippen molar-refractivity contribution in [2.24, 2.45) is 7.05 Å². The van der Waals surface area contributed by atoms with E-state index >= 15 is 0 Å². The van der Waals surface area contributed by atoms with Gasteiger partial charge in [0.1, 0.15) is 11.5 Å². The van der Waals surface area contributed by atoms with Crippen LogP contribution in [0.2, 0.25) is 0 Å². The summed E-state index contributed by atoms with van der Waals surface area (Å²) in [5.41, 5.74) is 1.76. The SMILES string of the molecule is Cn1ccnc1Cn1ccc(-c2ccccn2)n1. The molecule has 5 nitrogen and oxygen atoms in total. The highest BCUT2D eigenvalue weighted by Gasteiger charge is 2.05. The molecule has 0 aromatic carbocycles. The van der Waals surface area contributed by atoms with Crippen LogP contribution in [-0.4, -0.2) is 24.3 Å². The zero-order chi connectivity index (χ0) is 12.4. The van der Waals surface area contributed by atoms with Crippen LogP contribution in [0.25, 0.3) is 11.4 Å². The fourth-order valence-corrected chi connectivity index (χ4v) is 1.79. The molecule has 0 bridgehead atoms. The Morgan fingerprint density at radius 1 is 1.00 bits per heavy atom. The second-order valence-electron chi connectivity index (χ2n) is 4.07. The van der Waals surface area contributed by atoms with Gasteiger partial charge in [-0.25, -0.2) is 4.98 Å². The van der Waals surface area contributed by atoms with Crippen molar-refractivity contribution in [3.05, 3.63) is 54.9 Å². The standard InChI is InChI=1S/C13H13N5/c1-17-9-7-15-13(17)10-18-8-5-12(16-18)11-4-2-3-6-14-11/h2-9H,10H2,1H3. The van der Waals surface area contributed by atoms with Crippen molar-refractivity contribution in [3.8, 4) is 11.4 Å². The number of nitrogens with zero attached hydrogens (tertiary/aromatic N) is 5. The molecule has 5 heteroatoms. The smallest absolute Gasteiger partial charge is 0.130 e. The summed E-state index contributed by atoms with van der Waals surface area (Å²) in [4.78, 5) is 8.56. The molecule has 0 saturated carbocycles. The predicted octanol–water partition coefficient (Wildman–Crippen LogP) is 1.73. The van der Waals surface area contributed by atoms with Crippen LogP contribution >= 0.6 is 0 Å². The van der Waals surface area contributed by atoms with Crippen molar-refractivity contribution >= 4 is 0 Å². The molecule has 18 heavy (non-hydrogen) atoms. The highest BCUT2D eigenvalue weighted by Crippen LogP contribution is 2.13. The number of hydrogen-bond donors (Lipinski definition) is 0. The summed E-state index contributed by atoms with van der Waals surface area (Å²) >= 11 is 0. The van der Waals surface area contributed by atoms with Crippen molar-refractivity contribution in [2.45, 2.75) is 6.54 Å². The quantitative estimate of drug-likeness (QED) is 0.699. The molecule has 0 radical (unpaired) electrons. The van der Waals surface area contributed by atoms with E-state index in [1.165, 1.54) is 0 Å². The Bertz CT molecular complexity index is 638. The molecule has 3 aromatic heterocycles. The molecule has 0 unspecified atom stereocenters. The van der Waals surface area contributed by atoms with Gasteiger partial charge in [-0.15, -0.1) is 0 Å². The van der Waals surface area contributed by atoms with Crippen molar-refractivity contribution in [1.82, 2.24) is 24.3 Å². The van der Waals surface area contributed by atoms with E-state index < -0.39 is 0 Å². The summed E-state index contributed by atoms with van der Waals surface area (Å²) < 4.78 is 3.86. The summed E-state index contributed by atoms with van der Waals surface area (Å²) in [6.07, 6.45) is 7.43. The van der Waals surface area contributed by atoms with Gasteiger partial charge in [0.05, 0.1) is 12.2 Å². The highest BCUT2D eigenvalue weighted by atomic mass is 15.3. The molecular formula is C13H13N5. The normalized spacial score (nSPS) is 10.7. The third-order valence-corrected chi connectivity index (χ3v) is 2.79. The summed E-state index contributed by atoms with van der Waals surface area (Å²) in [7, 11) is 1.98. The van der Waals surface area contributed by atoms with Crippen LogP contribution in [0.5, 0.6) is 0 Å². The highest BCUT2D eigenvalue weighted by molar-refractivity contribution is 5.52. The van der Waals surface area contributed by atoms with Crippen molar-refractivity contribution < 1.29 is 0 Å². The maximum Gasteiger partial charge on any atom is 0.130 e. The average Bonchev–Trinajstić information content (AvgIpc) is 3.02. The Balaban J connectivity index is 1.84. The zero-order valence-electron chi connectivity index (χ0n) is 10.1. The van der Waals surface area contributed by atoms with E-state index in [9.17, 15) is 0 Å². The van der Waals surface area contributed by atoms with E-state index in [4.69, 9.17) is 0 Å². The van der Waals surface area contributed by atoms with Crippen LogP contribution < -0.4 is 0 Å². The number of hydrogen-bond acceptors (Lipinski definition) is 3.